The summed E-state index contributed by atoms with van der Waals surface area (Å²) < 4.78 is 6.30. The maximum atomic E-state index is 12.0. The maximum absolute atomic E-state index is 12.0. The van der Waals surface area contributed by atoms with Crippen molar-refractivity contribution in [3.05, 3.63) is 41.9 Å². The van der Waals surface area contributed by atoms with Gasteiger partial charge in [0.25, 0.3) is 0 Å². The van der Waals surface area contributed by atoms with E-state index in [9.17, 15) is 4.79 Å². The first-order chi connectivity index (χ1) is 10.2. The molecule has 0 fully saturated rings. The van der Waals surface area contributed by atoms with Crippen molar-refractivity contribution >= 4 is 22.6 Å². The van der Waals surface area contributed by atoms with E-state index in [1.54, 1.807) is 16.8 Å². The Morgan fingerprint density at radius 2 is 2.33 bits per heavy atom. The Hall–Kier alpha value is -3.27. The smallest absolute Gasteiger partial charge is 0.357 e. The molecular formula is C14H11N5O2. The number of benzene rings is 1. The van der Waals surface area contributed by atoms with Crippen LogP contribution in [0.5, 0.6) is 0 Å². The van der Waals surface area contributed by atoms with Gasteiger partial charge in [-0.1, -0.05) is 12.1 Å². The number of anilines is 1. The van der Waals surface area contributed by atoms with Gasteiger partial charge in [0.1, 0.15) is 6.07 Å². The van der Waals surface area contributed by atoms with Crippen LogP contribution in [0.2, 0.25) is 0 Å². The Morgan fingerprint density at radius 3 is 3.05 bits per heavy atom. The molecule has 0 saturated carbocycles. The van der Waals surface area contributed by atoms with E-state index in [2.05, 4.69) is 10.2 Å². The highest BCUT2D eigenvalue weighted by atomic mass is 16.5. The molecule has 2 aromatic heterocycles. The van der Waals surface area contributed by atoms with Gasteiger partial charge in [0.15, 0.2) is 5.69 Å². The molecule has 0 unspecified atom stereocenters. The van der Waals surface area contributed by atoms with Gasteiger partial charge in [-0.3, -0.25) is 5.10 Å². The largest absolute Gasteiger partial charge is 0.464 e. The topological polar surface area (TPSA) is 110 Å². The SMILES string of the molecule is COC(=O)c1c(N)c(C#N)cn1-c1cccc2cn[nH]c12. The van der Waals surface area contributed by atoms with Gasteiger partial charge in [-0.2, -0.15) is 10.4 Å². The van der Waals surface area contributed by atoms with E-state index in [0.29, 0.717) is 5.69 Å². The highest BCUT2D eigenvalue weighted by Gasteiger charge is 2.22. The number of fused-ring (bicyclic) bond motifs is 1. The fourth-order valence-electron chi connectivity index (χ4n) is 2.26. The van der Waals surface area contributed by atoms with Crippen molar-refractivity contribution in [3.63, 3.8) is 0 Å². The Labute approximate surface area is 119 Å². The lowest BCUT2D eigenvalue weighted by Gasteiger charge is -2.09. The van der Waals surface area contributed by atoms with E-state index < -0.39 is 5.97 Å². The highest BCUT2D eigenvalue weighted by molar-refractivity contribution is 5.97. The van der Waals surface area contributed by atoms with Gasteiger partial charge >= 0.3 is 5.97 Å². The van der Waals surface area contributed by atoms with E-state index in [4.69, 9.17) is 15.7 Å². The van der Waals surface area contributed by atoms with Crippen LogP contribution in [0, 0.1) is 11.3 Å². The molecule has 0 bridgehead atoms. The molecule has 0 spiro atoms. The van der Waals surface area contributed by atoms with Gasteiger partial charge < -0.3 is 15.0 Å². The molecule has 0 aliphatic carbocycles. The zero-order chi connectivity index (χ0) is 15.0. The number of nitrogens with zero attached hydrogens (tertiary/aromatic N) is 3. The number of esters is 1. The van der Waals surface area contributed by atoms with Gasteiger partial charge in [-0.25, -0.2) is 4.79 Å². The third kappa shape index (κ3) is 1.81. The van der Waals surface area contributed by atoms with Crippen LogP contribution in [0.3, 0.4) is 0 Å². The quantitative estimate of drug-likeness (QED) is 0.693. The van der Waals surface area contributed by atoms with Crippen LogP contribution in [0.4, 0.5) is 5.69 Å². The van der Waals surface area contributed by atoms with Crippen LogP contribution in [0.25, 0.3) is 16.6 Å². The number of nitrogens with two attached hydrogens (primary N) is 1. The number of aromatic amines is 1. The lowest BCUT2D eigenvalue weighted by atomic mass is 10.2. The molecule has 0 aliphatic rings. The summed E-state index contributed by atoms with van der Waals surface area (Å²) in [5, 5.41) is 16.9. The first kappa shape index (κ1) is 12.7. The number of hydrogen-bond donors (Lipinski definition) is 2. The second-order valence-electron chi connectivity index (χ2n) is 4.39. The second kappa shape index (κ2) is 4.68. The number of carbonyl (C=O) groups is 1. The zero-order valence-electron chi connectivity index (χ0n) is 11.1. The summed E-state index contributed by atoms with van der Waals surface area (Å²) in [7, 11) is 1.27. The third-order valence-electron chi connectivity index (χ3n) is 3.26. The number of methoxy groups -OCH3 is 1. The minimum Gasteiger partial charge on any atom is -0.464 e. The lowest BCUT2D eigenvalue weighted by Crippen LogP contribution is -2.11. The molecule has 3 aromatic rings. The average Bonchev–Trinajstić information content (AvgIpc) is 3.10. The first-order valence-corrected chi connectivity index (χ1v) is 6.09. The van der Waals surface area contributed by atoms with E-state index in [-0.39, 0.29) is 16.9 Å². The molecule has 3 N–H and O–H groups in total. The first-order valence-electron chi connectivity index (χ1n) is 6.09. The number of carbonyl (C=O) groups excluding carboxylic acids is 1. The summed E-state index contributed by atoms with van der Waals surface area (Å²) in [6, 6.07) is 7.48. The minimum atomic E-state index is -0.606. The van der Waals surface area contributed by atoms with E-state index >= 15 is 0 Å². The molecule has 0 aliphatic heterocycles. The number of hydrogen-bond acceptors (Lipinski definition) is 5. The number of rotatable bonds is 2. The standard InChI is InChI=1S/C14H11N5O2/c1-21-14(20)13-11(16)9(5-15)7-19(13)10-4-2-3-8-6-17-18-12(8)10/h2-4,6-7H,16H2,1H3,(H,17,18). The monoisotopic (exact) mass is 281 g/mol. The molecule has 0 atom stereocenters. The second-order valence-corrected chi connectivity index (χ2v) is 4.39. The highest BCUT2D eigenvalue weighted by Crippen LogP contribution is 2.28. The van der Waals surface area contributed by atoms with Crippen LogP contribution < -0.4 is 5.73 Å². The Morgan fingerprint density at radius 1 is 1.52 bits per heavy atom. The van der Waals surface area contributed by atoms with Crippen molar-refractivity contribution in [3.8, 4) is 11.8 Å². The summed E-state index contributed by atoms with van der Waals surface area (Å²) in [6.07, 6.45) is 3.19. The number of para-hydroxylation sites is 1. The van der Waals surface area contributed by atoms with Gasteiger partial charge in [0.05, 0.1) is 35.8 Å². The number of ether oxygens (including phenoxy) is 1. The predicted octanol–water partition coefficient (Wildman–Crippen LogP) is 1.59. The number of aromatic nitrogens is 3. The molecule has 21 heavy (non-hydrogen) atoms. The third-order valence-corrected chi connectivity index (χ3v) is 3.26. The fourth-order valence-corrected chi connectivity index (χ4v) is 2.26. The Kier molecular flexibility index (Phi) is 2.84. The number of nitrogen functional groups attached to an aromatic ring is 1. The molecule has 104 valence electrons. The molecular weight excluding hydrogens is 270 g/mol. The van der Waals surface area contributed by atoms with E-state index in [1.165, 1.54) is 13.3 Å². The molecule has 3 rings (SSSR count). The van der Waals surface area contributed by atoms with Crippen LogP contribution in [-0.2, 0) is 4.74 Å². The van der Waals surface area contributed by atoms with Gasteiger partial charge in [-0.05, 0) is 6.07 Å². The normalized spacial score (nSPS) is 10.5. The Balaban J connectivity index is 2.35. The number of H-pyrrole nitrogens is 1. The predicted molar refractivity (Wildman–Crippen MR) is 75.9 cm³/mol. The maximum Gasteiger partial charge on any atom is 0.357 e. The Bertz CT molecular complexity index is 885. The molecule has 1 aromatic carbocycles. The molecule has 0 amide bonds. The molecule has 0 radical (unpaired) electrons. The minimum absolute atomic E-state index is 0.0980. The van der Waals surface area contributed by atoms with Gasteiger partial charge in [-0.15, -0.1) is 0 Å². The van der Waals surface area contributed by atoms with Crippen molar-refractivity contribution < 1.29 is 9.53 Å². The lowest BCUT2D eigenvalue weighted by molar-refractivity contribution is 0.0593. The zero-order valence-corrected chi connectivity index (χ0v) is 11.1. The van der Waals surface area contributed by atoms with Crippen molar-refractivity contribution in [2.75, 3.05) is 12.8 Å². The molecule has 2 heterocycles. The molecule has 7 heteroatoms. The van der Waals surface area contributed by atoms with Crippen LogP contribution in [-0.4, -0.2) is 27.8 Å². The van der Waals surface area contributed by atoms with Crippen LogP contribution in [0.1, 0.15) is 16.1 Å². The average molecular weight is 281 g/mol. The summed E-state index contributed by atoms with van der Waals surface area (Å²) in [5.74, 6) is -0.606. The van der Waals surface area contributed by atoms with E-state index in [1.807, 2.05) is 18.2 Å². The summed E-state index contributed by atoms with van der Waals surface area (Å²) in [5.41, 5.74) is 7.72. The molecule has 0 saturated heterocycles. The molecule has 7 nitrogen and oxygen atoms in total. The van der Waals surface area contributed by atoms with Crippen molar-refractivity contribution in [2.24, 2.45) is 0 Å². The van der Waals surface area contributed by atoms with Crippen LogP contribution in [0.15, 0.2) is 30.6 Å². The summed E-state index contributed by atoms with van der Waals surface area (Å²) in [6.45, 7) is 0. The number of nitrogens with one attached hydrogen (secondary N) is 1. The van der Waals surface area contributed by atoms with Gasteiger partial charge in [0, 0.05) is 11.6 Å². The van der Waals surface area contributed by atoms with Crippen molar-refractivity contribution in [2.45, 2.75) is 0 Å². The fraction of sp³-hybridized carbons (Fsp3) is 0.0714. The summed E-state index contributed by atoms with van der Waals surface area (Å²) in [4.78, 5) is 12.0. The van der Waals surface area contributed by atoms with Gasteiger partial charge in [0.2, 0.25) is 0 Å². The number of nitriles is 1. The summed E-state index contributed by atoms with van der Waals surface area (Å²) >= 11 is 0. The van der Waals surface area contributed by atoms with Crippen molar-refractivity contribution in [1.82, 2.24) is 14.8 Å². The van der Waals surface area contributed by atoms with Crippen LogP contribution >= 0.6 is 0 Å². The van der Waals surface area contributed by atoms with E-state index in [0.717, 1.165) is 10.9 Å². The van der Waals surface area contributed by atoms with Crippen molar-refractivity contribution in [1.29, 1.82) is 5.26 Å².